The molecule has 0 spiro atoms. The highest BCUT2D eigenvalue weighted by molar-refractivity contribution is 7.92. The molecule has 3 aromatic carbocycles. The molecule has 4 aromatic rings. The van der Waals surface area contributed by atoms with Crippen LogP contribution in [0, 0.1) is 5.82 Å². The summed E-state index contributed by atoms with van der Waals surface area (Å²) in [5.41, 5.74) is 1.04. The number of nitrogens with one attached hydrogen (secondary N) is 1. The summed E-state index contributed by atoms with van der Waals surface area (Å²) >= 11 is 0. The van der Waals surface area contributed by atoms with Gasteiger partial charge in [0.2, 0.25) is 5.82 Å². The summed E-state index contributed by atoms with van der Waals surface area (Å²) in [7, 11) is -2.44. The molecule has 0 aliphatic carbocycles. The molecule has 0 saturated carbocycles. The number of anilines is 1. The minimum atomic E-state index is -3.98. The molecule has 1 aromatic heterocycles. The van der Waals surface area contributed by atoms with E-state index in [1.807, 2.05) is 0 Å². The summed E-state index contributed by atoms with van der Waals surface area (Å²) in [5, 5.41) is 12.1. The van der Waals surface area contributed by atoms with Crippen molar-refractivity contribution >= 4 is 21.5 Å². The van der Waals surface area contributed by atoms with Crippen molar-refractivity contribution in [2.75, 3.05) is 11.8 Å². The quantitative estimate of drug-likeness (QED) is 0.396. The van der Waals surface area contributed by atoms with Crippen LogP contribution in [0.3, 0.4) is 0 Å². The minimum Gasteiger partial charge on any atom is -0.497 e. The summed E-state index contributed by atoms with van der Waals surface area (Å²) in [6, 6.07) is 17.6. The number of rotatable bonds is 8. The number of nitrogens with zero attached hydrogens (tertiary/aromatic N) is 4. The fourth-order valence-corrected chi connectivity index (χ4v) is 4.08. The molecular weight excluding hydrogens is 449 g/mol. The van der Waals surface area contributed by atoms with Crippen molar-refractivity contribution in [3.8, 4) is 17.1 Å². The van der Waals surface area contributed by atoms with Crippen molar-refractivity contribution in [2.45, 2.75) is 11.4 Å². The first kappa shape index (κ1) is 22.1. The van der Waals surface area contributed by atoms with Crippen LogP contribution < -0.4 is 9.46 Å². The summed E-state index contributed by atoms with van der Waals surface area (Å²) in [6.07, 6.45) is 0. The Hall–Kier alpha value is -4.12. The molecule has 33 heavy (non-hydrogen) atoms. The first-order valence-corrected chi connectivity index (χ1v) is 11.2. The van der Waals surface area contributed by atoms with Gasteiger partial charge in [-0.25, -0.2) is 12.8 Å². The summed E-state index contributed by atoms with van der Waals surface area (Å²) < 4.78 is 46.1. The van der Waals surface area contributed by atoms with Crippen molar-refractivity contribution in [3.63, 3.8) is 0 Å². The van der Waals surface area contributed by atoms with Gasteiger partial charge in [-0.1, -0.05) is 12.1 Å². The van der Waals surface area contributed by atoms with E-state index in [1.165, 1.54) is 19.2 Å². The van der Waals surface area contributed by atoms with Crippen LogP contribution in [-0.4, -0.2) is 41.5 Å². The second kappa shape index (κ2) is 9.17. The fourth-order valence-electron chi connectivity index (χ4n) is 3.00. The second-order valence-corrected chi connectivity index (χ2v) is 8.58. The number of carbonyl (C=O) groups is 1. The van der Waals surface area contributed by atoms with Crippen LogP contribution in [-0.2, 0) is 16.6 Å². The number of Topliss-reactive ketones (excluding diaryl/α,β-unsaturated/α-hetero) is 1. The summed E-state index contributed by atoms with van der Waals surface area (Å²) in [6.45, 7) is -0.150. The summed E-state index contributed by atoms with van der Waals surface area (Å²) in [5.74, 6) is -0.00592. The van der Waals surface area contributed by atoms with Gasteiger partial charge in [-0.3, -0.25) is 9.52 Å². The highest BCUT2D eigenvalue weighted by Crippen LogP contribution is 2.27. The highest BCUT2D eigenvalue weighted by Gasteiger charge is 2.19. The standard InChI is InChI=1S/C22H18FN5O4S/c1-32-17-10-6-15(7-11-17)21(29)14-28-25-22(24-27-28)19-4-2-3-5-20(19)26-33(30,31)18-12-8-16(23)9-13-18/h2-13,26H,14H2,1H3. The van der Waals surface area contributed by atoms with E-state index in [2.05, 4.69) is 20.1 Å². The molecule has 168 valence electrons. The maximum absolute atomic E-state index is 13.2. The van der Waals surface area contributed by atoms with E-state index in [0.717, 1.165) is 16.9 Å². The van der Waals surface area contributed by atoms with E-state index in [0.29, 0.717) is 16.9 Å². The zero-order valence-corrected chi connectivity index (χ0v) is 18.2. The molecule has 0 unspecified atom stereocenters. The molecule has 0 aliphatic rings. The van der Waals surface area contributed by atoms with Crippen LogP contribution in [0.1, 0.15) is 10.4 Å². The normalized spacial score (nSPS) is 11.2. The third-order valence-electron chi connectivity index (χ3n) is 4.69. The van der Waals surface area contributed by atoms with Gasteiger partial charge in [0.15, 0.2) is 5.78 Å². The lowest BCUT2D eigenvalue weighted by molar-refractivity contribution is 0.0961. The molecule has 0 radical (unpaired) electrons. The Balaban J connectivity index is 1.55. The van der Waals surface area contributed by atoms with Gasteiger partial charge in [-0.15, -0.1) is 10.2 Å². The van der Waals surface area contributed by atoms with Gasteiger partial charge in [-0.05, 0) is 65.9 Å². The summed E-state index contributed by atoms with van der Waals surface area (Å²) in [4.78, 5) is 13.5. The van der Waals surface area contributed by atoms with Crippen molar-refractivity contribution < 1.29 is 22.3 Å². The van der Waals surface area contributed by atoms with E-state index in [1.54, 1.807) is 48.5 Å². The van der Waals surface area contributed by atoms with Crippen LogP contribution in [0.2, 0.25) is 0 Å². The third-order valence-corrected chi connectivity index (χ3v) is 6.07. The number of para-hydroxylation sites is 1. The number of hydrogen-bond acceptors (Lipinski definition) is 7. The third kappa shape index (κ3) is 5.04. The number of carbonyl (C=O) groups excluding carboxylic acids is 1. The van der Waals surface area contributed by atoms with Crippen LogP contribution >= 0.6 is 0 Å². The Kier molecular flexibility index (Phi) is 6.13. The molecular formula is C22H18FN5O4S. The number of sulfonamides is 1. The largest absolute Gasteiger partial charge is 0.497 e. The maximum Gasteiger partial charge on any atom is 0.261 e. The first-order valence-electron chi connectivity index (χ1n) is 9.68. The second-order valence-electron chi connectivity index (χ2n) is 6.90. The Bertz CT molecular complexity index is 1390. The average Bonchev–Trinajstić information content (AvgIpc) is 3.27. The molecule has 0 atom stereocenters. The maximum atomic E-state index is 13.2. The average molecular weight is 467 g/mol. The van der Waals surface area contributed by atoms with E-state index in [4.69, 9.17) is 4.74 Å². The number of ketones is 1. The van der Waals surface area contributed by atoms with Crippen molar-refractivity contribution in [1.82, 2.24) is 20.2 Å². The number of benzene rings is 3. The minimum absolute atomic E-state index is 0.0968. The van der Waals surface area contributed by atoms with Crippen molar-refractivity contribution in [1.29, 1.82) is 0 Å². The zero-order valence-electron chi connectivity index (χ0n) is 17.3. The number of hydrogen-bond donors (Lipinski definition) is 1. The lowest BCUT2D eigenvalue weighted by atomic mass is 10.1. The van der Waals surface area contributed by atoms with Crippen LogP contribution in [0.5, 0.6) is 5.75 Å². The molecule has 11 heteroatoms. The SMILES string of the molecule is COc1ccc(C(=O)Cn2nnc(-c3ccccc3NS(=O)(=O)c3ccc(F)cc3)n2)cc1. The number of halogens is 1. The van der Waals surface area contributed by atoms with Gasteiger partial charge < -0.3 is 4.74 Å². The number of aromatic nitrogens is 4. The molecule has 0 aliphatic heterocycles. The van der Waals surface area contributed by atoms with E-state index in [-0.39, 0.29) is 28.7 Å². The zero-order chi connectivity index (χ0) is 23.4. The monoisotopic (exact) mass is 467 g/mol. The molecule has 4 rings (SSSR count). The van der Waals surface area contributed by atoms with Gasteiger partial charge in [0.25, 0.3) is 10.0 Å². The molecule has 0 bridgehead atoms. The van der Waals surface area contributed by atoms with Crippen molar-refractivity contribution in [3.05, 3.63) is 84.2 Å². The molecule has 0 fully saturated rings. The van der Waals surface area contributed by atoms with E-state index < -0.39 is 15.8 Å². The Morgan fingerprint density at radius 1 is 1.03 bits per heavy atom. The van der Waals surface area contributed by atoms with Gasteiger partial charge in [0.1, 0.15) is 18.1 Å². The predicted molar refractivity (Wildman–Crippen MR) is 118 cm³/mol. The Morgan fingerprint density at radius 2 is 1.73 bits per heavy atom. The van der Waals surface area contributed by atoms with Gasteiger partial charge in [0, 0.05) is 11.1 Å². The van der Waals surface area contributed by atoms with Crippen LogP contribution in [0.15, 0.2) is 77.7 Å². The van der Waals surface area contributed by atoms with Gasteiger partial charge >= 0.3 is 0 Å². The first-order chi connectivity index (χ1) is 15.9. The topological polar surface area (TPSA) is 116 Å². The van der Waals surface area contributed by atoms with E-state index in [9.17, 15) is 17.6 Å². The van der Waals surface area contributed by atoms with Gasteiger partial charge in [0.05, 0.1) is 17.7 Å². The predicted octanol–water partition coefficient (Wildman–Crippen LogP) is 3.17. The number of tetrazole rings is 1. The molecule has 1 N–H and O–H groups in total. The lowest BCUT2D eigenvalue weighted by Crippen LogP contribution is -2.14. The molecule has 1 heterocycles. The van der Waals surface area contributed by atoms with E-state index >= 15 is 0 Å². The number of ether oxygens (including phenoxy) is 1. The highest BCUT2D eigenvalue weighted by atomic mass is 32.2. The molecule has 0 saturated heterocycles. The molecule has 9 nitrogen and oxygen atoms in total. The van der Waals surface area contributed by atoms with Crippen LogP contribution in [0.4, 0.5) is 10.1 Å². The number of methoxy groups -OCH3 is 1. The molecule has 0 amide bonds. The van der Waals surface area contributed by atoms with Gasteiger partial charge in [-0.2, -0.15) is 4.80 Å². The fraction of sp³-hybridized carbons (Fsp3) is 0.0909. The van der Waals surface area contributed by atoms with Crippen molar-refractivity contribution in [2.24, 2.45) is 0 Å². The van der Waals surface area contributed by atoms with Crippen LogP contribution in [0.25, 0.3) is 11.4 Å². The smallest absolute Gasteiger partial charge is 0.261 e. The Labute approximate surface area is 188 Å². The lowest BCUT2D eigenvalue weighted by Gasteiger charge is -2.10. The Morgan fingerprint density at radius 3 is 2.42 bits per heavy atom.